The van der Waals surface area contributed by atoms with Gasteiger partial charge in [0.15, 0.2) is 0 Å². The monoisotopic (exact) mass is 320 g/mol. The van der Waals surface area contributed by atoms with Gasteiger partial charge < -0.3 is 14.7 Å². The Morgan fingerprint density at radius 2 is 2.09 bits per heavy atom. The first-order chi connectivity index (χ1) is 11.1. The van der Waals surface area contributed by atoms with Crippen molar-refractivity contribution in [2.75, 3.05) is 19.7 Å². The van der Waals surface area contributed by atoms with E-state index in [0.29, 0.717) is 18.1 Å². The van der Waals surface area contributed by atoms with E-state index in [1.165, 1.54) is 24.2 Å². The molecule has 126 valence electrons. The summed E-state index contributed by atoms with van der Waals surface area (Å²) in [6.45, 7) is 6.99. The Hall–Kier alpha value is -2.08. The molecule has 1 heterocycles. The van der Waals surface area contributed by atoms with Crippen molar-refractivity contribution in [3.63, 3.8) is 0 Å². The molecule has 0 atom stereocenters. The fourth-order valence-corrected chi connectivity index (χ4v) is 2.81. The van der Waals surface area contributed by atoms with Crippen LogP contribution in [0.4, 0.5) is 4.79 Å². The minimum Gasteiger partial charge on any atom is -0.507 e. The number of carbonyl (C=O) groups is 1. The lowest BCUT2D eigenvalue weighted by molar-refractivity contribution is -0.918. The van der Waals surface area contributed by atoms with Gasteiger partial charge in [0.05, 0.1) is 25.4 Å². The van der Waals surface area contributed by atoms with Gasteiger partial charge in [-0.3, -0.25) is 0 Å². The quantitative estimate of drug-likeness (QED) is 0.567. The molecule has 1 aromatic rings. The van der Waals surface area contributed by atoms with Crippen molar-refractivity contribution in [2.45, 2.75) is 39.7 Å². The Bertz CT molecular complexity index is 566. The van der Waals surface area contributed by atoms with Gasteiger partial charge >= 0.3 is 6.09 Å². The van der Waals surface area contributed by atoms with Crippen LogP contribution in [-0.2, 0) is 11.3 Å². The topological polar surface area (TPSA) is 75.4 Å². The normalized spacial score (nSPS) is 16.2. The lowest BCUT2D eigenvalue weighted by Crippen LogP contribution is -3.11. The Balaban J connectivity index is 2.06. The molecule has 2 rings (SSSR count). The van der Waals surface area contributed by atoms with E-state index in [4.69, 9.17) is 4.74 Å². The van der Waals surface area contributed by atoms with E-state index in [2.05, 4.69) is 10.5 Å². The summed E-state index contributed by atoms with van der Waals surface area (Å²) in [7, 11) is 0. The number of amides is 1. The van der Waals surface area contributed by atoms with E-state index in [9.17, 15) is 9.90 Å². The lowest BCUT2D eigenvalue weighted by atomic mass is 10.0. The van der Waals surface area contributed by atoms with E-state index in [0.717, 1.165) is 30.8 Å². The predicted octanol–water partition coefficient (Wildman–Crippen LogP) is 1.43. The zero-order valence-corrected chi connectivity index (χ0v) is 13.9. The Kier molecular flexibility index (Phi) is 6.40. The van der Waals surface area contributed by atoms with Gasteiger partial charge in [0.1, 0.15) is 12.3 Å². The summed E-state index contributed by atoms with van der Waals surface area (Å²) in [6, 6.07) is 5.44. The molecule has 1 fully saturated rings. The summed E-state index contributed by atoms with van der Waals surface area (Å²) >= 11 is 0. The van der Waals surface area contributed by atoms with Gasteiger partial charge in [-0.05, 0) is 56.9 Å². The van der Waals surface area contributed by atoms with Crippen LogP contribution in [0.2, 0.25) is 0 Å². The first-order valence-electron chi connectivity index (χ1n) is 8.23. The van der Waals surface area contributed by atoms with E-state index < -0.39 is 6.09 Å². The molecule has 0 saturated carbocycles. The van der Waals surface area contributed by atoms with E-state index in [1.54, 1.807) is 19.1 Å². The molecule has 3 N–H and O–H groups in total. The molecule has 1 amide bonds. The number of hydrazone groups is 1. The minimum atomic E-state index is -0.566. The van der Waals surface area contributed by atoms with Crippen LogP contribution >= 0.6 is 0 Å². The van der Waals surface area contributed by atoms with Crippen molar-refractivity contribution in [1.82, 2.24) is 5.43 Å². The van der Waals surface area contributed by atoms with Crippen LogP contribution < -0.4 is 10.3 Å². The molecule has 0 radical (unpaired) electrons. The summed E-state index contributed by atoms with van der Waals surface area (Å²) in [5, 5.41) is 14.1. The number of hydrogen-bond acceptors (Lipinski definition) is 4. The van der Waals surface area contributed by atoms with Gasteiger partial charge in [-0.25, -0.2) is 10.2 Å². The SMILES string of the molecule is CCOC(=O)N/N=C(\C)c1ccc(O)c(C[NH+]2CCCCC2)c1. The van der Waals surface area contributed by atoms with Crippen LogP contribution in [0.1, 0.15) is 44.2 Å². The van der Waals surface area contributed by atoms with Gasteiger partial charge in [-0.2, -0.15) is 5.10 Å². The van der Waals surface area contributed by atoms with Crippen LogP contribution in [0.5, 0.6) is 5.75 Å². The van der Waals surface area contributed by atoms with Crippen molar-refractivity contribution in [3.8, 4) is 5.75 Å². The average Bonchev–Trinajstić information content (AvgIpc) is 2.56. The number of likely N-dealkylation sites (tertiary alicyclic amines) is 1. The summed E-state index contributed by atoms with van der Waals surface area (Å²) in [5.41, 5.74) is 4.83. The van der Waals surface area contributed by atoms with Crippen LogP contribution in [-0.4, -0.2) is 36.6 Å². The molecule has 1 aliphatic heterocycles. The smallest absolute Gasteiger partial charge is 0.427 e. The highest BCUT2D eigenvalue weighted by molar-refractivity contribution is 5.99. The molecule has 6 heteroatoms. The second kappa shape index (κ2) is 8.53. The highest BCUT2D eigenvalue weighted by Gasteiger charge is 2.16. The fourth-order valence-electron chi connectivity index (χ4n) is 2.81. The first kappa shape index (κ1) is 17.3. The molecule has 0 aromatic heterocycles. The molecule has 1 aliphatic rings. The molecular weight excluding hydrogens is 294 g/mol. The molecule has 0 spiro atoms. The van der Waals surface area contributed by atoms with Gasteiger partial charge in [0, 0.05) is 5.56 Å². The summed E-state index contributed by atoms with van der Waals surface area (Å²) in [6.07, 6.45) is 3.24. The van der Waals surface area contributed by atoms with Crippen LogP contribution in [0, 0.1) is 0 Å². The van der Waals surface area contributed by atoms with Crippen LogP contribution in [0.25, 0.3) is 0 Å². The van der Waals surface area contributed by atoms with Crippen molar-refractivity contribution in [3.05, 3.63) is 29.3 Å². The molecule has 0 unspecified atom stereocenters. The number of quaternary nitrogens is 1. The van der Waals surface area contributed by atoms with Gasteiger partial charge in [0.25, 0.3) is 0 Å². The molecule has 23 heavy (non-hydrogen) atoms. The van der Waals surface area contributed by atoms with Gasteiger partial charge in [0.2, 0.25) is 0 Å². The zero-order valence-electron chi connectivity index (χ0n) is 13.9. The maximum absolute atomic E-state index is 11.3. The molecule has 6 nitrogen and oxygen atoms in total. The van der Waals surface area contributed by atoms with Crippen molar-refractivity contribution in [1.29, 1.82) is 0 Å². The number of piperidine rings is 1. The average molecular weight is 320 g/mol. The lowest BCUT2D eigenvalue weighted by Gasteiger charge is -2.24. The molecule has 0 bridgehead atoms. The molecule has 0 aliphatic carbocycles. The molecule has 1 saturated heterocycles. The Labute approximate surface area is 137 Å². The largest absolute Gasteiger partial charge is 0.507 e. The Morgan fingerprint density at radius 1 is 1.35 bits per heavy atom. The van der Waals surface area contributed by atoms with Crippen LogP contribution in [0.3, 0.4) is 0 Å². The highest BCUT2D eigenvalue weighted by atomic mass is 16.5. The standard InChI is InChI=1S/C17H25N3O3/c1-3-23-17(22)19-18-13(2)14-7-8-16(21)15(11-14)12-20-9-5-4-6-10-20/h7-8,11,21H,3-6,9-10,12H2,1-2H3,(H,19,22)/p+1/b18-13+. The number of nitrogens with zero attached hydrogens (tertiary/aromatic N) is 1. The maximum Gasteiger partial charge on any atom is 0.427 e. The number of ether oxygens (including phenoxy) is 1. The summed E-state index contributed by atoms with van der Waals surface area (Å²) < 4.78 is 4.77. The van der Waals surface area contributed by atoms with E-state index in [-0.39, 0.29) is 0 Å². The number of carbonyl (C=O) groups excluding carboxylic acids is 1. The summed E-state index contributed by atoms with van der Waals surface area (Å²) in [4.78, 5) is 12.8. The number of benzene rings is 1. The van der Waals surface area contributed by atoms with Crippen molar-refractivity contribution < 1.29 is 19.5 Å². The second-order valence-electron chi connectivity index (χ2n) is 5.86. The third kappa shape index (κ3) is 5.25. The van der Waals surface area contributed by atoms with Crippen molar-refractivity contribution >= 4 is 11.8 Å². The number of hydrogen-bond donors (Lipinski definition) is 3. The van der Waals surface area contributed by atoms with Crippen LogP contribution in [0.15, 0.2) is 23.3 Å². The highest BCUT2D eigenvalue weighted by Crippen LogP contribution is 2.18. The molecular formula is C17H26N3O3+. The number of rotatable bonds is 5. The van der Waals surface area contributed by atoms with E-state index >= 15 is 0 Å². The Morgan fingerprint density at radius 3 is 2.78 bits per heavy atom. The number of phenolic OH excluding ortho intramolecular Hbond substituents is 1. The number of aromatic hydroxyl groups is 1. The maximum atomic E-state index is 11.3. The second-order valence-corrected chi connectivity index (χ2v) is 5.86. The predicted molar refractivity (Wildman–Crippen MR) is 88.7 cm³/mol. The molecule has 1 aromatic carbocycles. The van der Waals surface area contributed by atoms with Gasteiger partial charge in [-0.1, -0.05) is 0 Å². The third-order valence-electron chi connectivity index (χ3n) is 4.09. The third-order valence-corrected chi connectivity index (χ3v) is 4.09. The van der Waals surface area contributed by atoms with Crippen molar-refractivity contribution in [2.24, 2.45) is 5.10 Å². The van der Waals surface area contributed by atoms with E-state index in [1.807, 2.05) is 13.0 Å². The van der Waals surface area contributed by atoms with Gasteiger partial charge in [-0.15, -0.1) is 0 Å². The zero-order chi connectivity index (χ0) is 16.7. The minimum absolute atomic E-state index is 0.308. The number of phenols is 1. The first-order valence-corrected chi connectivity index (χ1v) is 8.23. The summed E-state index contributed by atoms with van der Waals surface area (Å²) in [5.74, 6) is 0.318. The fraction of sp³-hybridized carbons (Fsp3) is 0.529. The number of nitrogens with one attached hydrogen (secondary N) is 2.